The average Bonchev–Trinajstić information content (AvgIpc) is 3.16. The summed E-state index contributed by atoms with van der Waals surface area (Å²) in [6.07, 6.45) is 5.14. The van der Waals surface area contributed by atoms with Gasteiger partial charge >= 0.3 is 0 Å². The van der Waals surface area contributed by atoms with Crippen LogP contribution in [0.4, 0.5) is 0 Å². The molecular formula is C20H40IN5O. The third-order valence-corrected chi connectivity index (χ3v) is 6.13. The van der Waals surface area contributed by atoms with Crippen LogP contribution in [0.15, 0.2) is 4.99 Å². The van der Waals surface area contributed by atoms with Gasteiger partial charge in [-0.05, 0) is 58.2 Å². The minimum absolute atomic E-state index is 0. The van der Waals surface area contributed by atoms with Crippen LogP contribution < -0.4 is 5.32 Å². The number of morpholine rings is 1. The predicted molar refractivity (Wildman–Crippen MR) is 123 cm³/mol. The van der Waals surface area contributed by atoms with Gasteiger partial charge in [0.15, 0.2) is 5.96 Å². The second-order valence-electron chi connectivity index (χ2n) is 8.15. The molecule has 0 radical (unpaired) electrons. The molecule has 0 aromatic heterocycles. The van der Waals surface area contributed by atoms with E-state index in [-0.39, 0.29) is 24.0 Å². The van der Waals surface area contributed by atoms with Crippen molar-refractivity contribution in [1.82, 2.24) is 20.0 Å². The Morgan fingerprint density at radius 3 is 2.52 bits per heavy atom. The van der Waals surface area contributed by atoms with Gasteiger partial charge in [-0.15, -0.1) is 24.0 Å². The monoisotopic (exact) mass is 493 g/mol. The highest BCUT2D eigenvalue weighted by Crippen LogP contribution is 2.18. The molecule has 3 fully saturated rings. The summed E-state index contributed by atoms with van der Waals surface area (Å²) >= 11 is 0. The van der Waals surface area contributed by atoms with E-state index in [4.69, 9.17) is 9.73 Å². The molecule has 1 atom stereocenters. The number of hydrogen-bond acceptors (Lipinski definition) is 4. The van der Waals surface area contributed by atoms with E-state index in [1.54, 1.807) is 0 Å². The molecule has 0 aromatic rings. The number of rotatable bonds is 6. The molecule has 3 saturated heterocycles. The molecule has 27 heavy (non-hydrogen) atoms. The maximum Gasteiger partial charge on any atom is 0.193 e. The Hall–Kier alpha value is -0.120. The summed E-state index contributed by atoms with van der Waals surface area (Å²) in [5, 5.41) is 3.51. The SMILES string of the molecule is CCNC(=NCCCN1CCC(C)CC1)N1CCC(N2CCOCC2)C1.I. The zero-order valence-electron chi connectivity index (χ0n) is 17.4. The van der Waals surface area contributed by atoms with E-state index in [9.17, 15) is 0 Å². The minimum Gasteiger partial charge on any atom is -0.379 e. The number of likely N-dealkylation sites (tertiary alicyclic amines) is 2. The number of aliphatic imine (C=N–C) groups is 1. The quantitative estimate of drug-likeness (QED) is 0.266. The topological polar surface area (TPSA) is 43.3 Å². The number of piperidine rings is 1. The summed E-state index contributed by atoms with van der Waals surface area (Å²) in [5.41, 5.74) is 0. The summed E-state index contributed by atoms with van der Waals surface area (Å²) in [4.78, 5) is 12.6. The molecule has 1 unspecified atom stereocenters. The van der Waals surface area contributed by atoms with E-state index < -0.39 is 0 Å². The molecule has 3 rings (SSSR count). The number of hydrogen-bond donors (Lipinski definition) is 1. The van der Waals surface area contributed by atoms with E-state index in [1.807, 2.05) is 0 Å². The summed E-state index contributed by atoms with van der Waals surface area (Å²) in [6.45, 7) is 16.4. The molecule has 0 aromatic carbocycles. The van der Waals surface area contributed by atoms with Crippen molar-refractivity contribution in [2.45, 2.75) is 45.6 Å². The number of nitrogens with one attached hydrogen (secondary N) is 1. The lowest BCUT2D eigenvalue weighted by Crippen LogP contribution is -2.46. The van der Waals surface area contributed by atoms with Gasteiger partial charge in [0.25, 0.3) is 0 Å². The lowest BCUT2D eigenvalue weighted by Gasteiger charge is -2.32. The zero-order valence-corrected chi connectivity index (χ0v) is 19.7. The predicted octanol–water partition coefficient (Wildman–Crippen LogP) is 2.10. The molecular weight excluding hydrogens is 453 g/mol. The van der Waals surface area contributed by atoms with Crippen molar-refractivity contribution in [1.29, 1.82) is 0 Å². The van der Waals surface area contributed by atoms with Crippen molar-refractivity contribution >= 4 is 29.9 Å². The van der Waals surface area contributed by atoms with E-state index >= 15 is 0 Å². The summed E-state index contributed by atoms with van der Waals surface area (Å²) < 4.78 is 5.50. The van der Waals surface area contributed by atoms with Crippen molar-refractivity contribution in [2.24, 2.45) is 10.9 Å². The lowest BCUT2D eigenvalue weighted by atomic mass is 9.99. The van der Waals surface area contributed by atoms with Gasteiger partial charge in [0.2, 0.25) is 0 Å². The number of halogens is 1. The highest BCUT2D eigenvalue weighted by molar-refractivity contribution is 14.0. The fourth-order valence-corrected chi connectivity index (χ4v) is 4.37. The van der Waals surface area contributed by atoms with Crippen molar-refractivity contribution < 1.29 is 4.74 Å². The number of guanidine groups is 1. The molecule has 6 nitrogen and oxygen atoms in total. The first kappa shape index (κ1) is 23.2. The van der Waals surface area contributed by atoms with Crippen molar-refractivity contribution in [3.8, 4) is 0 Å². The van der Waals surface area contributed by atoms with Gasteiger partial charge in [-0.3, -0.25) is 9.89 Å². The van der Waals surface area contributed by atoms with Gasteiger partial charge < -0.3 is 19.9 Å². The maximum atomic E-state index is 5.50. The third-order valence-electron chi connectivity index (χ3n) is 6.13. The number of ether oxygens (including phenoxy) is 1. The van der Waals surface area contributed by atoms with Crippen LogP contribution >= 0.6 is 24.0 Å². The molecule has 0 spiro atoms. The second kappa shape index (κ2) is 12.4. The Balaban J connectivity index is 0.00000261. The molecule has 0 bridgehead atoms. The van der Waals surface area contributed by atoms with Crippen molar-refractivity contribution in [2.75, 3.05) is 72.1 Å². The fourth-order valence-electron chi connectivity index (χ4n) is 4.37. The van der Waals surface area contributed by atoms with Crippen LogP contribution in [0.3, 0.4) is 0 Å². The summed E-state index contributed by atoms with van der Waals surface area (Å²) in [5.74, 6) is 2.04. The van der Waals surface area contributed by atoms with Crippen LogP contribution in [0.1, 0.15) is 39.5 Å². The van der Waals surface area contributed by atoms with Crippen molar-refractivity contribution in [3.63, 3.8) is 0 Å². The highest BCUT2D eigenvalue weighted by atomic mass is 127. The maximum absolute atomic E-state index is 5.50. The van der Waals surface area contributed by atoms with E-state index in [2.05, 4.69) is 33.9 Å². The van der Waals surface area contributed by atoms with Gasteiger partial charge in [0, 0.05) is 45.3 Å². The smallest absolute Gasteiger partial charge is 0.193 e. The van der Waals surface area contributed by atoms with Crippen LogP contribution in [0.25, 0.3) is 0 Å². The summed E-state index contributed by atoms with van der Waals surface area (Å²) in [7, 11) is 0. The van der Waals surface area contributed by atoms with E-state index in [0.717, 1.165) is 64.4 Å². The van der Waals surface area contributed by atoms with Crippen LogP contribution in [0.2, 0.25) is 0 Å². The molecule has 3 heterocycles. The summed E-state index contributed by atoms with van der Waals surface area (Å²) in [6, 6.07) is 0.665. The molecule has 0 aliphatic carbocycles. The zero-order chi connectivity index (χ0) is 18.2. The van der Waals surface area contributed by atoms with Crippen LogP contribution in [-0.4, -0.2) is 98.8 Å². The van der Waals surface area contributed by atoms with Gasteiger partial charge in [-0.2, -0.15) is 0 Å². The number of nitrogens with zero attached hydrogens (tertiary/aromatic N) is 4. The Morgan fingerprint density at radius 1 is 1.07 bits per heavy atom. The Labute approximate surface area is 183 Å². The molecule has 0 saturated carbocycles. The molecule has 3 aliphatic rings. The molecule has 158 valence electrons. The second-order valence-corrected chi connectivity index (χ2v) is 8.15. The first-order chi connectivity index (χ1) is 12.8. The first-order valence-corrected chi connectivity index (χ1v) is 10.8. The normalized spacial score (nSPS) is 26.2. The third kappa shape index (κ3) is 7.33. The van der Waals surface area contributed by atoms with Crippen LogP contribution in [0.5, 0.6) is 0 Å². The van der Waals surface area contributed by atoms with Crippen molar-refractivity contribution in [3.05, 3.63) is 0 Å². The average molecular weight is 493 g/mol. The highest BCUT2D eigenvalue weighted by Gasteiger charge is 2.30. The van der Waals surface area contributed by atoms with Gasteiger partial charge in [-0.25, -0.2) is 0 Å². The Morgan fingerprint density at radius 2 is 1.81 bits per heavy atom. The lowest BCUT2D eigenvalue weighted by molar-refractivity contribution is 0.0195. The molecule has 3 aliphatic heterocycles. The van der Waals surface area contributed by atoms with Gasteiger partial charge in [0.1, 0.15) is 0 Å². The Bertz CT molecular complexity index is 436. The molecule has 0 amide bonds. The standard InChI is InChI=1S/C20H39N5O.HI/c1-3-21-20(22-8-4-9-23-10-5-18(2)6-11-23)25-12-7-19(17-25)24-13-15-26-16-14-24;/h18-19H,3-17H2,1-2H3,(H,21,22);1H. The van der Waals surface area contributed by atoms with E-state index in [1.165, 1.54) is 45.3 Å². The molecule has 1 N–H and O–H groups in total. The largest absolute Gasteiger partial charge is 0.379 e. The van der Waals surface area contributed by atoms with Gasteiger partial charge in [0.05, 0.1) is 13.2 Å². The fraction of sp³-hybridized carbons (Fsp3) is 0.950. The van der Waals surface area contributed by atoms with E-state index in [0.29, 0.717) is 6.04 Å². The first-order valence-electron chi connectivity index (χ1n) is 10.8. The van der Waals surface area contributed by atoms with Gasteiger partial charge in [-0.1, -0.05) is 6.92 Å². The van der Waals surface area contributed by atoms with Crippen LogP contribution in [0, 0.1) is 5.92 Å². The molecule has 7 heteroatoms. The van der Waals surface area contributed by atoms with Crippen LogP contribution in [-0.2, 0) is 4.74 Å². The Kier molecular flexibility index (Phi) is 10.7. The minimum atomic E-state index is 0.